The molecule has 3 aromatic rings. The molecule has 8 heteroatoms. The predicted molar refractivity (Wildman–Crippen MR) is 114 cm³/mol. The van der Waals surface area contributed by atoms with E-state index in [0.29, 0.717) is 17.1 Å². The Bertz CT molecular complexity index is 1160. The molecule has 8 nitrogen and oxygen atoms in total. The van der Waals surface area contributed by atoms with Gasteiger partial charge in [-0.15, -0.1) is 0 Å². The number of benzene rings is 2. The Morgan fingerprint density at radius 2 is 1.93 bits per heavy atom. The van der Waals surface area contributed by atoms with Gasteiger partial charge in [-0.05, 0) is 35.7 Å². The van der Waals surface area contributed by atoms with Gasteiger partial charge < -0.3 is 21.1 Å². The van der Waals surface area contributed by atoms with Gasteiger partial charge in [-0.1, -0.05) is 30.8 Å². The maximum atomic E-state index is 12.2. The average molecular weight is 404 g/mol. The number of hydrogen-bond acceptors (Lipinski definition) is 5. The Morgan fingerprint density at radius 3 is 2.63 bits per heavy atom. The zero-order valence-corrected chi connectivity index (χ0v) is 16.3. The van der Waals surface area contributed by atoms with Crippen molar-refractivity contribution in [2.24, 2.45) is 5.73 Å². The van der Waals surface area contributed by atoms with Crippen molar-refractivity contribution in [3.63, 3.8) is 0 Å². The van der Waals surface area contributed by atoms with Crippen LogP contribution in [0, 0.1) is 0 Å². The average Bonchev–Trinajstić information content (AvgIpc) is 2.77. The molecule has 0 aliphatic heterocycles. The first-order chi connectivity index (χ1) is 14.4. The molecule has 0 saturated carbocycles. The molecule has 0 fully saturated rings. The van der Waals surface area contributed by atoms with Crippen LogP contribution in [0.3, 0.4) is 0 Å². The third kappa shape index (κ3) is 4.44. The second-order valence-electron chi connectivity index (χ2n) is 6.33. The van der Waals surface area contributed by atoms with E-state index >= 15 is 0 Å². The summed E-state index contributed by atoms with van der Waals surface area (Å²) in [5, 5.41) is 6.82. The van der Waals surface area contributed by atoms with Crippen LogP contribution in [0.1, 0.15) is 10.5 Å². The van der Waals surface area contributed by atoms with Gasteiger partial charge in [-0.3, -0.25) is 14.4 Å². The van der Waals surface area contributed by atoms with Gasteiger partial charge in [0.15, 0.2) is 0 Å². The lowest BCUT2D eigenvalue weighted by molar-refractivity contribution is -0.117. The highest BCUT2D eigenvalue weighted by Gasteiger charge is 2.13. The quantitative estimate of drug-likeness (QED) is 0.521. The zero-order chi connectivity index (χ0) is 21.7. The molecule has 0 radical (unpaired) electrons. The van der Waals surface area contributed by atoms with Crippen LogP contribution >= 0.6 is 0 Å². The molecule has 0 unspecified atom stereocenters. The Kier molecular flexibility index (Phi) is 6.07. The smallest absolute Gasteiger partial charge is 0.270 e. The minimum atomic E-state index is -0.642. The number of hydrogen-bond donors (Lipinski definition) is 3. The molecule has 152 valence electrons. The van der Waals surface area contributed by atoms with E-state index in [-0.39, 0.29) is 18.1 Å². The van der Waals surface area contributed by atoms with E-state index in [1.165, 1.54) is 13.2 Å². The van der Waals surface area contributed by atoms with Crippen LogP contribution in [0.5, 0.6) is 5.75 Å². The van der Waals surface area contributed by atoms with Crippen LogP contribution in [-0.2, 0) is 9.59 Å². The van der Waals surface area contributed by atoms with E-state index in [1.807, 2.05) is 24.3 Å². The van der Waals surface area contributed by atoms with Crippen LogP contribution in [0.2, 0.25) is 0 Å². The van der Waals surface area contributed by atoms with Crippen molar-refractivity contribution < 1.29 is 19.1 Å². The Labute approximate surface area is 172 Å². The lowest BCUT2D eigenvalue weighted by Gasteiger charge is -2.13. The second-order valence-corrected chi connectivity index (χ2v) is 6.33. The number of methoxy groups -OCH3 is 1. The molecular weight excluding hydrogens is 384 g/mol. The van der Waals surface area contributed by atoms with E-state index < -0.39 is 11.8 Å². The van der Waals surface area contributed by atoms with Crippen molar-refractivity contribution in [1.82, 2.24) is 10.3 Å². The first-order valence-electron chi connectivity index (χ1n) is 9.01. The normalized spacial score (nSPS) is 10.3. The van der Waals surface area contributed by atoms with Crippen molar-refractivity contribution in [3.8, 4) is 17.0 Å². The van der Waals surface area contributed by atoms with Gasteiger partial charge in [0.05, 0.1) is 25.0 Å². The van der Waals surface area contributed by atoms with Gasteiger partial charge in [-0.2, -0.15) is 0 Å². The predicted octanol–water partition coefficient (Wildman–Crippen LogP) is 2.25. The fourth-order valence-electron chi connectivity index (χ4n) is 2.91. The SMILES string of the molecule is C=CC(=O)Nc1c(OC)ccc2ccc(-c3cccc(C(=O)NCC(N)=O)n3)cc12. The molecule has 1 aromatic heterocycles. The van der Waals surface area contributed by atoms with Gasteiger partial charge in [0.2, 0.25) is 11.8 Å². The molecule has 0 bridgehead atoms. The second kappa shape index (κ2) is 8.87. The van der Waals surface area contributed by atoms with Gasteiger partial charge in [0.25, 0.3) is 5.91 Å². The number of rotatable bonds is 7. The molecular formula is C22H20N4O4. The number of pyridine rings is 1. The summed E-state index contributed by atoms with van der Waals surface area (Å²) in [4.78, 5) is 39.3. The van der Waals surface area contributed by atoms with E-state index in [4.69, 9.17) is 10.5 Å². The standard InChI is InChI=1S/C22H20N4O4/c1-3-20(28)26-21-15-11-14(8-7-13(15)9-10-18(21)30-2)16-5-4-6-17(25-16)22(29)24-12-19(23)27/h3-11H,1,12H2,2H3,(H2,23,27)(H,24,29)(H,26,28). The number of carbonyl (C=O) groups excluding carboxylic acids is 3. The Hall–Kier alpha value is -4.20. The highest BCUT2D eigenvalue weighted by Crippen LogP contribution is 2.35. The molecule has 0 atom stereocenters. The molecule has 3 amide bonds. The van der Waals surface area contributed by atoms with Crippen molar-refractivity contribution in [3.05, 3.63) is 66.9 Å². The van der Waals surface area contributed by atoms with Crippen molar-refractivity contribution in [2.75, 3.05) is 19.0 Å². The summed E-state index contributed by atoms with van der Waals surface area (Å²) in [6, 6.07) is 14.2. The molecule has 30 heavy (non-hydrogen) atoms. The molecule has 0 aliphatic carbocycles. The first-order valence-corrected chi connectivity index (χ1v) is 9.01. The van der Waals surface area contributed by atoms with Gasteiger partial charge in [-0.25, -0.2) is 4.98 Å². The van der Waals surface area contributed by atoms with Gasteiger partial charge in [0.1, 0.15) is 11.4 Å². The van der Waals surface area contributed by atoms with Gasteiger partial charge >= 0.3 is 0 Å². The molecule has 0 aliphatic rings. The summed E-state index contributed by atoms with van der Waals surface area (Å²) in [5.41, 5.74) is 7.00. The fraction of sp³-hybridized carbons (Fsp3) is 0.0909. The molecule has 0 spiro atoms. The third-order valence-corrected chi connectivity index (χ3v) is 4.34. The maximum absolute atomic E-state index is 12.2. The number of anilines is 1. The number of fused-ring (bicyclic) bond motifs is 1. The zero-order valence-electron chi connectivity index (χ0n) is 16.3. The van der Waals surface area contributed by atoms with E-state index in [9.17, 15) is 14.4 Å². The Balaban J connectivity index is 2.04. The first kappa shape index (κ1) is 20.5. The third-order valence-electron chi connectivity index (χ3n) is 4.34. The number of nitrogens with one attached hydrogen (secondary N) is 2. The number of nitrogens with zero attached hydrogens (tertiary/aromatic N) is 1. The number of primary amides is 1. The number of aromatic nitrogens is 1. The summed E-state index contributed by atoms with van der Waals surface area (Å²) < 4.78 is 5.39. The molecule has 2 aromatic carbocycles. The largest absolute Gasteiger partial charge is 0.495 e. The lowest BCUT2D eigenvalue weighted by atomic mass is 10.0. The minimum Gasteiger partial charge on any atom is -0.495 e. The molecule has 3 rings (SSSR count). The van der Waals surface area contributed by atoms with Crippen molar-refractivity contribution in [1.29, 1.82) is 0 Å². The van der Waals surface area contributed by atoms with Crippen molar-refractivity contribution in [2.45, 2.75) is 0 Å². The number of amides is 3. The van der Waals surface area contributed by atoms with Crippen LogP contribution in [-0.4, -0.2) is 36.4 Å². The van der Waals surface area contributed by atoms with Crippen LogP contribution < -0.4 is 21.1 Å². The molecule has 1 heterocycles. The lowest BCUT2D eigenvalue weighted by Crippen LogP contribution is -2.33. The summed E-state index contributed by atoms with van der Waals surface area (Å²) in [6.45, 7) is 3.21. The van der Waals surface area contributed by atoms with Crippen LogP contribution in [0.15, 0.2) is 61.2 Å². The summed E-state index contributed by atoms with van der Waals surface area (Å²) >= 11 is 0. The topological polar surface area (TPSA) is 123 Å². The molecule has 0 saturated heterocycles. The molecule has 4 N–H and O–H groups in total. The number of carbonyl (C=O) groups is 3. The van der Waals surface area contributed by atoms with Crippen LogP contribution in [0.4, 0.5) is 5.69 Å². The highest BCUT2D eigenvalue weighted by atomic mass is 16.5. The van der Waals surface area contributed by atoms with Crippen LogP contribution in [0.25, 0.3) is 22.0 Å². The van der Waals surface area contributed by atoms with E-state index in [0.717, 1.165) is 16.3 Å². The fourth-order valence-corrected chi connectivity index (χ4v) is 2.91. The highest BCUT2D eigenvalue weighted by molar-refractivity contribution is 6.08. The maximum Gasteiger partial charge on any atom is 0.270 e. The Morgan fingerprint density at radius 1 is 1.17 bits per heavy atom. The van der Waals surface area contributed by atoms with E-state index in [2.05, 4.69) is 22.2 Å². The summed E-state index contributed by atoms with van der Waals surface area (Å²) in [5.74, 6) is -1.01. The minimum absolute atomic E-state index is 0.152. The summed E-state index contributed by atoms with van der Waals surface area (Å²) in [6.07, 6.45) is 1.18. The van der Waals surface area contributed by atoms with E-state index in [1.54, 1.807) is 24.3 Å². The number of nitrogens with two attached hydrogens (primary N) is 1. The monoisotopic (exact) mass is 404 g/mol. The van der Waals surface area contributed by atoms with Crippen molar-refractivity contribution >= 4 is 34.2 Å². The van der Waals surface area contributed by atoms with Gasteiger partial charge in [0, 0.05) is 10.9 Å². The number of ether oxygens (including phenoxy) is 1. The summed E-state index contributed by atoms with van der Waals surface area (Å²) in [7, 11) is 1.52.